The highest BCUT2D eigenvalue weighted by atomic mass is 16.6. The van der Waals surface area contributed by atoms with Crippen molar-refractivity contribution in [2.24, 2.45) is 0 Å². The van der Waals surface area contributed by atoms with Gasteiger partial charge in [-0.15, -0.1) is 0 Å². The van der Waals surface area contributed by atoms with Gasteiger partial charge in [-0.2, -0.15) is 0 Å². The van der Waals surface area contributed by atoms with Crippen LogP contribution in [0.25, 0.3) is 0 Å². The van der Waals surface area contributed by atoms with Crippen LogP contribution in [0.5, 0.6) is 0 Å². The van der Waals surface area contributed by atoms with Crippen LogP contribution < -0.4 is 5.32 Å². The van der Waals surface area contributed by atoms with Crippen molar-refractivity contribution in [3.8, 4) is 0 Å². The molecule has 0 bridgehead atoms. The van der Waals surface area contributed by atoms with Crippen LogP contribution in [0, 0.1) is 0 Å². The van der Waals surface area contributed by atoms with E-state index >= 15 is 0 Å². The van der Waals surface area contributed by atoms with E-state index in [0.717, 1.165) is 25.5 Å². The highest BCUT2D eigenvalue weighted by Crippen LogP contribution is 2.11. The molecule has 130 valence electrons. The second-order valence-electron chi connectivity index (χ2n) is 6.70. The van der Waals surface area contributed by atoms with E-state index in [9.17, 15) is 4.79 Å². The van der Waals surface area contributed by atoms with Gasteiger partial charge in [0.1, 0.15) is 11.4 Å². The van der Waals surface area contributed by atoms with Gasteiger partial charge in [0.05, 0.1) is 5.69 Å². The van der Waals surface area contributed by atoms with Gasteiger partial charge in [-0.3, -0.25) is 5.32 Å². The second kappa shape index (κ2) is 9.47. The molecule has 0 unspecified atom stereocenters. The van der Waals surface area contributed by atoms with Crippen molar-refractivity contribution in [1.29, 1.82) is 0 Å². The first kappa shape index (κ1) is 19.4. The average Bonchev–Trinajstić information content (AvgIpc) is 2.94. The molecular weight excluding hydrogens is 294 g/mol. The van der Waals surface area contributed by atoms with Gasteiger partial charge in [0.2, 0.25) is 0 Å². The summed E-state index contributed by atoms with van der Waals surface area (Å²) in [4.78, 5) is 17.9. The number of anilines is 1. The molecule has 1 aromatic heterocycles. The lowest BCUT2D eigenvalue weighted by Crippen LogP contribution is -2.27. The number of amides is 1. The Morgan fingerprint density at radius 2 is 1.96 bits per heavy atom. The largest absolute Gasteiger partial charge is 0.444 e. The fourth-order valence-electron chi connectivity index (χ4n) is 1.88. The second-order valence-corrected chi connectivity index (χ2v) is 6.70. The summed E-state index contributed by atoms with van der Waals surface area (Å²) >= 11 is 0. The third-order valence-corrected chi connectivity index (χ3v) is 2.74. The summed E-state index contributed by atoms with van der Waals surface area (Å²) in [5.41, 5.74) is 0.388. The summed E-state index contributed by atoms with van der Waals surface area (Å²) in [5, 5.41) is 2.62. The van der Waals surface area contributed by atoms with Crippen LogP contribution in [0.4, 0.5) is 10.6 Å². The van der Waals surface area contributed by atoms with Gasteiger partial charge in [-0.05, 0) is 59.8 Å². The first-order valence-electron chi connectivity index (χ1n) is 7.95. The fourth-order valence-corrected chi connectivity index (χ4v) is 1.88. The number of hydrogen-bond acceptors (Lipinski definition) is 5. The maximum atomic E-state index is 11.6. The van der Waals surface area contributed by atoms with E-state index in [1.807, 2.05) is 51.9 Å². The summed E-state index contributed by atoms with van der Waals surface area (Å²) < 4.78 is 10.1. The van der Waals surface area contributed by atoms with Crippen LogP contribution in [0.3, 0.4) is 0 Å². The Kier molecular flexibility index (Phi) is 7.98. The predicted molar refractivity (Wildman–Crippen MR) is 91.5 cm³/mol. The molecule has 6 nitrogen and oxygen atoms in total. The van der Waals surface area contributed by atoms with Gasteiger partial charge < -0.3 is 14.4 Å². The number of hydrogen-bond donors (Lipinski definition) is 1. The van der Waals surface area contributed by atoms with Crippen molar-refractivity contribution >= 4 is 11.9 Å². The molecule has 0 aromatic carbocycles. The lowest BCUT2D eigenvalue weighted by Gasteiger charge is -2.19. The van der Waals surface area contributed by atoms with Gasteiger partial charge in [0.25, 0.3) is 0 Å². The molecular formula is C17H29N3O3. The predicted octanol–water partition coefficient (Wildman–Crippen LogP) is 3.29. The van der Waals surface area contributed by atoms with Gasteiger partial charge >= 0.3 is 6.09 Å². The van der Waals surface area contributed by atoms with Crippen molar-refractivity contribution < 1.29 is 14.3 Å². The minimum Gasteiger partial charge on any atom is -0.444 e. The summed E-state index contributed by atoms with van der Waals surface area (Å²) in [6, 6.07) is 5.52. The lowest BCUT2D eigenvalue weighted by atomic mass is 10.2. The standard InChI is InChI=1S/C13H21N3O2.C4H8O/c1-13(2,3)18-12(17)15-11-8-6-7-10(14-11)9-16(4)5;1-2-4-5-3-1/h6-8H,9H2,1-5H3,(H,14,15,17);1-4H2. The minimum absolute atomic E-state index is 0.489. The van der Waals surface area contributed by atoms with Crippen LogP contribution in [-0.2, 0) is 16.0 Å². The van der Waals surface area contributed by atoms with Gasteiger partial charge in [-0.1, -0.05) is 6.07 Å². The lowest BCUT2D eigenvalue weighted by molar-refractivity contribution is 0.0635. The first-order valence-corrected chi connectivity index (χ1v) is 7.95. The van der Waals surface area contributed by atoms with E-state index in [4.69, 9.17) is 9.47 Å². The third-order valence-electron chi connectivity index (χ3n) is 2.74. The highest BCUT2D eigenvalue weighted by molar-refractivity contribution is 5.83. The molecule has 0 aliphatic carbocycles. The monoisotopic (exact) mass is 323 g/mol. The van der Waals surface area contributed by atoms with Crippen LogP contribution in [0.2, 0.25) is 0 Å². The third kappa shape index (κ3) is 9.86. The van der Waals surface area contributed by atoms with Gasteiger partial charge in [0.15, 0.2) is 0 Å². The highest BCUT2D eigenvalue weighted by Gasteiger charge is 2.16. The summed E-state index contributed by atoms with van der Waals surface area (Å²) in [7, 11) is 3.94. The Morgan fingerprint density at radius 3 is 2.43 bits per heavy atom. The number of rotatable bonds is 3. The zero-order valence-electron chi connectivity index (χ0n) is 14.9. The number of carbonyl (C=O) groups is 1. The quantitative estimate of drug-likeness (QED) is 0.925. The van der Waals surface area contributed by atoms with Crippen molar-refractivity contribution in [3.63, 3.8) is 0 Å². The fraction of sp³-hybridized carbons (Fsp3) is 0.647. The molecule has 1 amide bonds. The first-order chi connectivity index (χ1) is 10.8. The Hall–Kier alpha value is -1.66. The Balaban J connectivity index is 0.000000446. The van der Waals surface area contributed by atoms with E-state index in [2.05, 4.69) is 10.3 Å². The summed E-state index contributed by atoms with van der Waals surface area (Å²) in [6.07, 6.45) is 2.07. The SMILES string of the molecule is C1CCOC1.CN(C)Cc1cccc(NC(=O)OC(C)(C)C)n1. The molecule has 23 heavy (non-hydrogen) atoms. The number of ether oxygens (including phenoxy) is 2. The normalized spacial score (nSPS) is 14.2. The topological polar surface area (TPSA) is 63.7 Å². The smallest absolute Gasteiger partial charge is 0.413 e. The zero-order valence-corrected chi connectivity index (χ0v) is 14.9. The molecule has 2 rings (SSSR count). The van der Waals surface area contributed by atoms with E-state index in [1.54, 1.807) is 6.07 Å². The van der Waals surface area contributed by atoms with Crippen molar-refractivity contribution in [3.05, 3.63) is 23.9 Å². The van der Waals surface area contributed by atoms with Gasteiger partial charge in [-0.25, -0.2) is 9.78 Å². The van der Waals surface area contributed by atoms with Crippen LogP contribution in [0.1, 0.15) is 39.3 Å². The van der Waals surface area contributed by atoms with Crippen molar-refractivity contribution in [2.75, 3.05) is 32.6 Å². The maximum absolute atomic E-state index is 11.6. The number of carbonyl (C=O) groups excluding carboxylic acids is 1. The number of pyridine rings is 1. The number of nitrogens with one attached hydrogen (secondary N) is 1. The molecule has 2 heterocycles. The zero-order chi connectivity index (χ0) is 17.3. The van der Waals surface area contributed by atoms with Crippen molar-refractivity contribution in [1.82, 2.24) is 9.88 Å². The van der Waals surface area contributed by atoms with E-state index < -0.39 is 11.7 Å². The molecule has 1 N–H and O–H groups in total. The molecule has 0 atom stereocenters. The molecule has 1 fully saturated rings. The molecule has 6 heteroatoms. The molecule has 1 saturated heterocycles. The van der Waals surface area contributed by atoms with Crippen molar-refractivity contribution in [2.45, 2.75) is 45.8 Å². The van der Waals surface area contributed by atoms with Crippen LogP contribution in [0.15, 0.2) is 18.2 Å². The maximum Gasteiger partial charge on any atom is 0.413 e. The molecule has 0 radical (unpaired) electrons. The Morgan fingerprint density at radius 1 is 1.30 bits per heavy atom. The summed E-state index contributed by atoms with van der Waals surface area (Å²) in [5.74, 6) is 0.503. The molecule has 0 spiro atoms. The van der Waals surface area contributed by atoms with Crippen LogP contribution in [-0.4, -0.2) is 48.9 Å². The van der Waals surface area contributed by atoms with Crippen LogP contribution >= 0.6 is 0 Å². The Bertz CT molecular complexity index is 473. The molecule has 0 saturated carbocycles. The summed E-state index contributed by atoms with van der Waals surface area (Å²) in [6.45, 7) is 8.19. The molecule has 1 aliphatic heterocycles. The van der Waals surface area contributed by atoms with E-state index in [1.165, 1.54) is 12.8 Å². The molecule has 1 aliphatic rings. The average molecular weight is 323 g/mol. The van der Waals surface area contributed by atoms with Gasteiger partial charge in [0, 0.05) is 19.8 Å². The van der Waals surface area contributed by atoms with E-state index in [0.29, 0.717) is 5.82 Å². The number of aromatic nitrogens is 1. The molecule has 1 aromatic rings. The minimum atomic E-state index is -0.509. The number of nitrogens with zero attached hydrogens (tertiary/aromatic N) is 2. The Labute approximate surface area is 139 Å². The van der Waals surface area contributed by atoms with E-state index in [-0.39, 0.29) is 0 Å².